The molecule has 2 heterocycles. The summed E-state index contributed by atoms with van der Waals surface area (Å²) in [5.74, 6) is 0.259. The summed E-state index contributed by atoms with van der Waals surface area (Å²) in [6.07, 6.45) is 3.39. The van der Waals surface area contributed by atoms with Crippen LogP contribution < -0.4 is 5.32 Å². The van der Waals surface area contributed by atoms with E-state index in [1.165, 1.54) is 24.0 Å². The van der Waals surface area contributed by atoms with Crippen molar-refractivity contribution in [3.05, 3.63) is 39.5 Å². The van der Waals surface area contributed by atoms with Gasteiger partial charge in [-0.05, 0) is 43.2 Å². The molecule has 0 spiro atoms. The fourth-order valence-electron chi connectivity index (χ4n) is 2.64. The van der Waals surface area contributed by atoms with Crippen molar-refractivity contribution >= 4 is 23.1 Å². The van der Waals surface area contributed by atoms with Crippen LogP contribution in [0.3, 0.4) is 0 Å². The number of hydrogen-bond acceptors (Lipinski definition) is 6. The molecular formula is C15H17N3O2S. The van der Waals surface area contributed by atoms with E-state index in [0.29, 0.717) is 5.82 Å². The van der Waals surface area contributed by atoms with Gasteiger partial charge in [-0.2, -0.15) is 0 Å². The number of hydrogen-bond donors (Lipinski definition) is 1. The van der Waals surface area contributed by atoms with Crippen LogP contribution in [-0.2, 0) is 11.2 Å². The predicted octanol–water partition coefficient (Wildman–Crippen LogP) is 3.12. The third-order valence-corrected chi connectivity index (χ3v) is 4.59. The fraction of sp³-hybridized carbons (Fsp3) is 0.400. The topological polar surface area (TPSA) is 64.1 Å². The van der Waals surface area contributed by atoms with Crippen LogP contribution in [0, 0.1) is 6.92 Å². The highest BCUT2D eigenvalue weighted by Crippen LogP contribution is 2.35. The van der Waals surface area contributed by atoms with Gasteiger partial charge in [0.05, 0.1) is 13.2 Å². The second kappa shape index (κ2) is 5.81. The Bertz CT molecular complexity index is 669. The fourth-order valence-corrected chi connectivity index (χ4v) is 3.63. The van der Waals surface area contributed by atoms with E-state index >= 15 is 0 Å². The number of ether oxygens (including phenoxy) is 1. The minimum absolute atomic E-state index is 0.0985. The van der Waals surface area contributed by atoms with E-state index < -0.39 is 5.97 Å². The lowest BCUT2D eigenvalue weighted by Gasteiger charge is -2.24. The number of rotatable bonds is 3. The number of fused-ring (bicyclic) bond motifs is 1. The van der Waals surface area contributed by atoms with Crippen molar-refractivity contribution in [2.24, 2.45) is 0 Å². The van der Waals surface area contributed by atoms with Gasteiger partial charge in [-0.15, -0.1) is 11.3 Å². The summed E-state index contributed by atoms with van der Waals surface area (Å²) in [5.41, 5.74) is 2.09. The molecule has 21 heavy (non-hydrogen) atoms. The molecule has 0 saturated carbocycles. The minimum atomic E-state index is -0.512. The molecule has 0 amide bonds. The molecule has 1 aliphatic carbocycles. The van der Waals surface area contributed by atoms with Gasteiger partial charge in [0.25, 0.3) is 0 Å². The molecule has 1 aliphatic rings. The maximum atomic E-state index is 11.6. The van der Waals surface area contributed by atoms with Crippen LogP contribution in [0.2, 0.25) is 0 Å². The van der Waals surface area contributed by atoms with Crippen LogP contribution in [0.4, 0.5) is 5.82 Å². The van der Waals surface area contributed by atoms with E-state index in [9.17, 15) is 4.79 Å². The van der Waals surface area contributed by atoms with Crippen molar-refractivity contribution in [3.63, 3.8) is 0 Å². The second-order valence-electron chi connectivity index (χ2n) is 5.10. The zero-order valence-corrected chi connectivity index (χ0v) is 12.9. The maximum absolute atomic E-state index is 11.6. The summed E-state index contributed by atoms with van der Waals surface area (Å²) in [6.45, 7) is 1.84. The third-order valence-electron chi connectivity index (χ3n) is 3.60. The standard InChI is InChI=1S/C15H17N3O2S/c1-9-8-13(18-14(16-9)15(19)20-2)17-11-4-3-5-12-10(11)6-7-21-12/h6-8,11H,3-5H2,1-2H3,(H,16,17,18). The average Bonchev–Trinajstić information content (AvgIpc) is 2.95. The number of carbonyl (C=O) groups is 1. The highest BCUT2D eigenvalue weighted by molar-refractivity contribution is 7.10. The van der Waals surface area contributed by atoms with Gasteiger partial charge < -0.3 is 10.1 Å². The van der Waals surface area contributed by atoms with E-state index in [-0.39, 0.29) is 11.9 Å². The third kappa shape index (κ3) is 2.90. The molecule has 1 unspecified atom stereocenters. The van der Waals surface area contributed by atoms with Crippen LogP contribution in [0.5, 0.6) is 0 Å². The lowest BCUT2D eigenvalue weighted by atomic mass is 9.94. The first-order valence-corrected chi connectivity index (χ1v) is 7.82. The first-order chi connectivity index (χ1) is 10.2. The average molecular weight is 303 g/mol. The van der Waals surface area contributed by atoms with Crippen molar-refractivity contribution in [1.29, 1.82) is 0 Å². The van der Waals surface area contributed by atoms with Crippen molar-refractivity contribution in [2.75, 3.05) is 12.4 Å². The van der Waals surface area contributed by atoms with E-state index in [1.54, 1.807) is 0 Å². The van der Waals surface area contributed by atoms with E-state index in [2.05, 4.69) is 26.7 Å². The molecule has 2 aromatic heterocycles. The quantitative estimate of drug-likeness (QED) is 0.883. The normalized spacial score (nSPS) is 17.1. The Kier molecular flexibility index (Phi) is 3.88. The lowest BCUT2D eigenvalue weighted by Crippen LogP contribution is -2.18. The van der Waals surface area contributed by atoms with Gasteiger partial charge in [-0.1, -0.05) is 0 Å². The zero-order chi connectivity index (χ0) is 14.8. The summed E-state index contributed by atoms with van der Waals surface area (Å²) >= 11 is 1.81. The Labute approximate surface area is 127 Å². The van der Waals surface area contributed by atoms with Crippen molar-refractivity contribution in [1.82, 2.24) is 9.97 Å². The molecule has 0 aromatic carbocycles. The van der Waals surface area contributed by atoms with Gasteiger partial charge in [0.2, 0.25) is 5.82 Å². The number of nitrogens with zero attached hydrogens (tertiary/aromatic N) is 2. The monoisotopic (exact) mass is 303 g/mol. The summed E-state index contributed by atoms with van der Waals surface area (Å²) in [4.78, 5) is 21.4. The molecule has 0 fully saturated rings. The zero-order valence-electron chi connectivity index (χ0n) is 12.0. The Morgan fingerprint density at radius 1 is 1.48 bits per heavy atom. The molecule has 0 radical (unpaired) electrons. The summed E-state index contributed by atoms with van der Waals surface area (Å²) in [6, 6.07) is 4.28. The molecule has 0 bridgehead atoms. The van der Waals surface area contributed by atoms with Crippen LogP contribution in [0.25, 0.3) is 0 Å². The molecule has 0 saturated heterocycles. The van der Waals surface area contributed by atoms with Gasteiger partial charge in [-0.3, -0.25) is 0 Å². The molecule has 110 valence electrons. The Hall–Kier alpha value is -1.95. The van der Waals surface area contributed by atoms with Gasteiger partial charge in [0.15, 0.2) is 0 Å². The molecular weight excluding hydrogens is 286 g/mol. The molecule has 1 N–H and O–H groups in total. The molecule has 6 heteroatoms. The number of thiophene rings is 1. The number of aryl methyl sites for hydroxylation is 2. The first-order valence-electron chi connectivity index (χ1n) is 6.94. The van der Waals surface area contributed by atoms with Crippen LogP contribution in [0.1, 0.15) is 45.6 Å². The van der Waals surface area contributed by atoms with Gasteiger partial charge in [-0.25, -0.2) is 14.8 Å². The minimum Gasteiger partial charge on any atom is -0.463 e. The van der Waals surface area contributed by atoms with Crippen LogP contribution in [-0.4, -0.2) is 23.0 Å². The number of methoxy groups -OCH3 is 1. The highest BCUT2D eigenvalue weighted by atomic mass is 32.1. The smallest absolute Gasteiger partial charge is 0.376 e. The number of esters is 1. The van der Waals surface area contributed by atoms with Gasteiger partial charge >= 0.3 is 5.97 Å². The first kappa shape index (κ1) is 14.0. The van der Waals surface area contributed by atoms with Crippen molar-refractivity contribution in [3.8, 4) is 0 Å². The number of anilines is 1. The van der Waals surface area contributed by atoms with Gasteiger partial charge in [0.1, 0.15) is 5.82 Å². The van der Waals surface area contributed by atoms with Gasteiger partial charge in [0, 0.05) is 16.6 Å². The van der Waals surface area contributed by atoms with Crippen molar-refractivity contribution in [2.45, 2.75) is 32.2 Å². The number of carbonyl (C=O) groups excluding carboxylic acids is 1. The van der Waals surface area contributed by atoms with Crippen LogP contribution >= 0.6 is 11.3 Å². The van der Waals surface area contributed by atoms with E-state index in [0.717, 1.165) is 18.5 Å². The predicted molar refractivity (Wildman–Crippen MR) is 81.7 cm³/mol. The molecule has 0 aliphatic heterocycles. The Balaban J connectivity index is 1.86. The summed E-state index contributed by atoms with van der Waals surface area (Å²) < 4.78 is 4.69. The Morgan fingerprint density at radius 3 is 3.14 bits per heavy atom. The largest absolute Gasteiger partial charge is 0.463 e. The second-order valence-corrected chi connectivity index (χ2v) is 6.10. The van der Waals surface area contributed by atoms with E-state index in [1.807, 2.05) is 24.3 Å². The van der Waals surface area contributed by atoms with E-state index in [4.69, 9.17) is 4.74 Å². The highest BCUT2D eigenvalue weighted by Gasteiger charge is 2.22. The molecule has 1 atom stereocenters. The number of aromatic nitrogens is 2. The molecule has 2 aromatic rings. The van der Waals surface area contributed by atoms with Crippen molar-refractivity contribution < 1.29 is 9.53 Å². The van der Waals surface area contributed by atoms with Crippen LogP contribution in [0.15, 0.2) is 17.5 Å². The molecule has 5 nitrogen and oxygen atoms in total. The lowest BCUT2D eigenvalue weighted by molar-refractivity contribution is 0.0586. The SMILES string of the molecule is COC(=O)c1nc(C)cc(NC2CCCc3sccc32)n1. The summed E-state index contributed by atoms with van der Waals surface area (Å²) in [7, 11) is 1.33. The Morgan fingerprint density at radius 2 is 2.33 bits per heavy atom. The maximum Gasteiger partial charge on any atom is 0.376 e. The summed E-state index contributed by atoms with van der Waals surface area (Å²) in [5, 5.41) is 5.57. The number of nitrogens with one attached hydrogen (secondary N) is 1. The molecule has 3 rings (SSSR count).